The molecule has 27 heavy (non-hydrogen) atoms. The Balaban J connectivity index is 1.67. The van der Waals surface area contributed by atoms with Gasteiger partial charge in [-0.15, -0.1) is 0 Å². The van der Waals surface area contributed by atoms with Gasteiger partial charge in [-0.25, -0.2) is 0 Å². The lowest BCUT2D eigenvalue weighted by Gasteiger charge is -2.36. The highest BCUT2D eigenvalue weighted by atomic mass is 16.5. The molecule has 1 aromatic rings. The Morgan fingerprint density at radius 3 is 2.96 bits per heavy atom. The molecule has 0 bridgehead atoms. The summed E-state index contributed by atoms with van der Waals surface area (Å²) >= 11 is 0. The molecule has 1 spiro atoms. The highest BCUT2D eigenvalue weighted by molar-refractivity contribution is 5.82. The van der Waals surface area contributed by atoms with E-state index in [9.17, 15) is 4.79 Å². The number of fused-ring (bicyclic) bond motifs is 1. The molecule has 1 amide bonds. The van der Waals surface area contributed by atoms with Gasteiger partial charge in [0.2, 0.25) is 5.91 Å². The predicted octanol–water partition coefficient (Wildman–Crippen LogP) is 2.02. The third kappa shape index (κ3) is 3.92. The van der Waals surface area contributed by atoms with Gasteiger partial charge in [0.1, 0.15) is 17.1 Å². The predicted molar refractivity (Wildman–Crippen MR) is 104 cm³/mol. The van der Waals surface area contributed by atoms with E-state index in [1.165, 1.54) is 0 Å². The first-order valence-corrected chi connectivity index (χ1v) is 10.2. The molecule has 1 N–H and O–H groups in total. The van der Waals surface area contributed by atoms with E-state index >= 15 is 0 Å². The zero-order valence-corrected chi connectivity index (χ0v) is 16.5. The molecular formula is C21H31N3O3. The summed E-state index contributed by atoms with van der Waals surface area (Å²) in [6.07, 6.45) is 5.01. The molecule has 4 rings (SSSR count). The minimum atomic E-state index is -0.307. The van der Waals surface area contributed by atoms with Gasteiger partial charge < -0.3 is 24.6 Å². The van der Waals surface area contributed by atoms with Gasteiger partial charge in [-0.2, -0.15) is 0 Å². The van der Waals surface area contributed by atoms with E-state index in [4.69, 9.17) is 9.47 Å². The molecule has 0 saturated carbocycles. The van der Waals surface area contributed by atoms with E-state index in [1.54, 1.807) is 7.11 Å². The quantitative estimate of drug-likeness (QED) is 0.860. The third-order valence-electron chi connectivity index (χ3n) is 6.23. The van der Waals surface area contributed by atoms with Gasteiger partial charge in [0.25, 0.3) is 0 Å². The van der Waals surface area contributed by atoms with Crippen molar-refractivity contribution in [2.24, 2.45) is 0 Å². The molecule has 3 aliphatic rings. The number of ether oxygens (including phenoxy) is 2. The average Bonchev–Trinajstić information content (AvgIpc) is 3.08. The van der Waals surface area contributed by atoms with Gasteiger partial charge in [0.05, 0.1) is 19.7 Å². The van der Waals surface area contributed by atoms with Crippen LogP contribution in [0.3, 0.4) is 0 Å². The number of likely N-dealkylation sites (tertiary alicyclic amines) is 1. The van der Waals surface area contributed by atoms with Crippen LogP contribution in [0.5, 0.6) is 11.5 Å². The number of hydrogen-bond acceptors (Lipinski definition) is 5. The van der Waals surface area contributed by atoms with E-state index in [1.807, 2.05) is 23.1 Å². The highest BCUT2D eigenvalue weighted by Gasteiger charge is 2.41. The van der Waals surface area contributed by atoms with Crippen LogP contribution in [0, 0.1) is 0 Å². The molecule has 3 heterocycles. The molecule has 0 aliphatic carbocycles. The number of nitrogens with one attached hydrogen (secondary N) is 1. The van der Waals surface area contributed by atoms with E-state index in [2.05, 4.69) is 17.3 Å². The van der Waals surface area contributed by atoms with E-state index < -0.39 is 0 Å². The minimum absolute atomic E-state index is 0.0531. The minimum Gasteiger partial charge on any atom is -0.497 e. The maximum atomic E-state index is 13.3. The standard InChI is InChI=1S/C21H31N3O3/c1-23-11-4-8-21(9-12-23)15-24(20(25)18-5-3-10-22-18)14-16-13-17(26-2)6-7-19(16)27-21/h6-7,13,18,22H,3-5,8-12,14-15H2,1-2H3/t18-,21-/m1/s1. The average molecular weight is 373 g/mol. The summed E-state index contributed by atoms with van der Waals surface area (Å²) in [6.45, 7) is 4.25. The number of methoxy groups -OCH3 is 1. The maximum absolute atomic E-state index is 13.3. The third-order valence-corrected chi connectivity index (χ3v) is 6.23. The summed E-state index contributed by atoms with van der Waals surface area (Å²) < 4.78 is 12.1. The van der Waals surface area contributed by atoms with E-state index in [-0.39, 0.29) is 17.6 Å². The second-order valence-corrected chi connectivity index (χ2v) is 8.26. The fourth-order valence-electron chi connectivity index (χ4n) is 4.62. The second-order valence-electron chi connectivity index (χ2n) is 8.26. The lowest BCUT2D eigenvalue weighted by molar-refractivity contribution is -0.136. The van der Waals surface area contributed by atoms with Crippen LogP contribution >= 0.6 is 0 Å². The van der Waals surface area contributed by atoms with Gasteiger partial charge in [0.15, 0.2) is 0 Å². The summed E-state index contributed by atoms with van der Waals surface area (Å²) in [6, 6.07) is 5.92. The van der Waals surface area contributed by atoms with Crippen LogP contribution in [-0.4, -0.2) is 67.7 Å². The maximum Gasteiger partial charge on any atom is 0.240 e. The Bertz CT molecular complexity index is 689. The summed E-state index contributed by atoms with van der Waals surface area (Å²) in [5.41, 5.74) is 0.731. The van der Waals surface area contributed by atoms with Crippen molar-refractivity contribution in [2.75, 3.05) is 40.3 Å². The van der Waals surface area contributed by atoms with Crippen LogP contribution in [0.4, 0.5) is 0 Å². The van der Waals surface area contributed by atoms with Crippen molar-refractivity contribution in [1.29, 1.82) is 0 Å². The Kier molecular flexibility index (Phi) is 5.28. The number of hydrogen-bond donors (Lipinski definition) is 1. The molecule has 0 aromatic heterocycles. The van der Waals surface area contributed by atoms with Gasteiger partial charge >= 0.3 is 0 Å². The zero-order chi connectivity index (χ0) is 18.9. The van der Waals surface area contributed by atoms with Crippen LogP contribution in [0.25, 0.3) is 0 Å². The summed E-state index contributed by atoms with van der Waals surface area (Å²) in [5, 5.41) is 3.37. The van der Waals surface area contributed by atoms with Gasteiger partial charge in [0, 0.05) is 25.1 Å². The van der Waals surface area contributed by atoms with Crippen molar-refractivity contribution in [3.63, 3.8) is 0 Å². The molecule has 2 fully saturated rings. The van der Waals surface area contributed by atoms with Crippen LogP contribution < -0.4 is 14.8 Å². The topological polar surface area (TPSA) is 54.0 Å². The smallest absolute Gasteiger partial charge is 0.240 e. The molecule has 148 valence electrons. The van der Waals surface area contributed by atoms with Crippen LogP contribution in [-0.2, 0) is 11.3 Å². The van der Waals surface area contributed by atoms with E-state index in [0.29, 0.717) is 13.1 Å². The molecule has 2 atom stereocenters. The summed E-state index contributed by atoms with van der Waals surface area (Å²) in [5.74, 6) is 1.92. The van der Waals surface area contributed by atoms with Crippen molar-refractivity contribution < 1.29 is 14.3 Å². The number of rotatable bonds is 2. The van der Waals surface area contributed by atoms with Crippen molar-refractivity contribution in [3.8, 4) is 11.5 Å². The van der Waals surface area contributed by atoms with Crippen LogP contribution in [0.15, 0.2) is 18.2 Å². The normalized spacial score (nSPS) is 29.0. The first kappa shape index (κ1) is 18.6. The SMILES string of the molecule is COc1ccc2c(c1)CN(C(=O)[C@H]1CCCN1)C[C@]1(CCCN(C)CC1)O2. The number of amides is 1. The zero-order valence-electron chi connectivity index (χ0n) is 16.5. The Labute approximate surface area is 161 Å². The number of nitrogens with zero attached hydrogens (tertiary/aromatic N) is 2. The van der Waals surface area contributed by atoms with Crippen LogP contribution in [0.1, 0.15) is 37.7 Å². The lowest BCUT2D eigenvalue weighted by Crippen LogP contribution is -2.51. The largest absolute Gasteiger partial charge is 0.497 e. The first-order chi connectivity index (χ1) is 13.1. The second kappa shape index (κ2) is 7.68. The molecule has 6 heteroatoms. The molecular weight excluding hydrogens is 342 g/mol. The Morgan fingerprint density at radius 2 is 2.19 bits per heavy atom. The van der Waals surface area contributed by atoms with Crippen molar-refractivity contribution in [3.05, 3.63) is 23.8 Å². The molecule has 1 aromatic carbocycles. The first-order valence-electron chi connectivity index (χ1n) is 10.2. The van der Waals surface area contributed by atoms with Crippen LogP contribution in [0.2, 0.25) is 0 Å². The molecule has 0 unspecified atom stereocenters. The van der Waals surface area contributed by atoms with E-state index in [0.717, 1.165) is 68.8 Å². The van der Waals surface area contributed by atoms with Crippen molar-refractivity contribution in [2.45, 2.75) is 50.3 Å². The summed E-state index contributed by atoms with van der Waals surface area (Å²) in [7, 11) is 3.84. The fraction of sp³-hybridized carbons (Fsp3) is 0.667. The highest BCUT2D eigenvalue weighted by Crippen LogP contribution is 2.37. The number of benzene rings is 1. The lowest BCUT2D eigenvalue weighted by atomic mass is 9.93. The molecule has 2 saturated heterocycles. The number of carbonyl (C=O) groups is 1. The summed E-state index contributed by atoms with van der Waals surface area (Å²) in [4.78, 5) is 17.7. The molecule has 0 radical (unpaired) electrons. The van der Waals surface area contributed by atoms with Gasteiger partial charge in [-0.1, -0.05) is 0 Å². The molecule has 3 aliphatic heterocycles. The monoisotopic (exact) mass is 373 g/mol. The fourth-order valence-corrected chi connectivity index (χ4v) is 4.62. The Morgan fingerprint density at radius 1 is 1.30 bits per heavy atom. The number of carbonyl (C=O) groups excluding carboxylic acids is 1. The molecule has 6 nitrogen and oxygen atoms in total. The van der Waals surface area contributed by atoms with Gasteiger partial charge in [-0.05, 0) is 64.0 Å². The van der Waals surface area contributed by atoms with Crippen molar-refractivity contribution in [1.82, 2.24) is 15.1 Å². The van der Waals surface area contributed by atoms with Gasteiger partial charge in [-0.3, -0.25) is 4.79 Å². The Hall–Kier alpha value is -1.79. The van der Waals surface area contributed by atoms with Crippen molar-refractivity contribution >= 4 is 5.91 Å².